The number of hydrogen-bond donors (Lipinski definition) is 2. The van der Waals surface area contributed by atoms with Crippen molar-refractivity contribution in [1.82, 2.24) is 20.0 Å². The number of carbonyl (C=O) groups is 2. The number of nitrogens with zero attached hydrogens (tertiary/aromatic N) is 3. The van der Waals surface area contributed by atoms with Gasteiger partial charge in [0.15, 0.2) is 5.82 Å². The fourth-order valence-corrected chi connectivity index (χ4v) is 2.58. The number of piperidine rings is 1. The number of H-pyrrole nitrogens is 1. The van der Waals surface area contributed by atoms with Crippen LogP contribution in [0.2, 0.25) is 0 Å². The van der Waals surface area contributed by atoms with Crippen LogP contribution in [-0.4, -0.2) is 38.4 Å². The van der Waals surface area contributed by atoms with E-state index in [-0.39, 0.29) is 17.5 Å². The van der Waals surface area contributed by atoms with Crippen LogP contribution >= 0.6 is 0 Å². The van der Waals surface area contributed by atoms with Crippen molar-refractivity contribution < 1.29 is 14.1 Å². The van der Waals surface area contributed by atoms with E-state index >= 15 is 0 Å². The SMILES string of the molecule is NC(=O)c1c[nH]c(C(=O)N2CCCCC2c2ncon2)c1. The van der Waals surface area contributed by atoms with Crippen molar-refractivity contribution in [2.45, 2.75) is 25.3 Å². The van der Waals surface area contributed by atoms with E-state index in [1.165, 1.54) is 18.7 Å². The van der Waals surface area contributed by atoms with Crippen LogP contribution in [0, 0.1) is 0 Å². The molecule has 1 aliphatic heterocycles. The fraction of sp³-hybridized carbons (Fsp3) is 0.385. The minimum Gasteiger partial charge on any atom is -0.366 e. The standard InChI is InChI=1S/C13H15N5O3/c14-11(19)8-5-9(15-6-8)13(20)18-4-2-1-3-10(18)12-16-7-21-17-12/h5-7,10,15H,1-4H2,(H2,14,19). The van der Waals surface area contributed by atoms with Gasteiger partial charge < -0.3 is 20.1 Å². The Kier molecular flexibility index (Phi) is 3.43. The van der Waals surface area contributed by atoms with Gasteiger partial charge in [0.2, 0.25) is 12.3 Å². The first kappa shape index (κ1) is 13.3. The molecular weight excluding hydrogens is 274 g/mol. The molecule has 1 unspecified atom stereocenters. The first-order valence-corrected chi connectivity index (χ1v) is 6.72. The summed E-state index contributed by atoms with van der Waals surface area (Å²) in [5, 5.41) is 3.84. The molecular formula is C13H15N5O3. The van der Waals surface area contributed by atoms with Crippen LogP contribution in [0.15, 0.2) is 23.2 Å². The van der Waals surface area contributed by atoms with E-state index in [2.05, 4.69) is 15.1 Å². The number of carbonyl (C=O) groups excluding carboxylic acids is 2. The van der Waals surface area contributed by atoms with Gasteiger partial charge in [0.1, 0.15) is 5.69 Å². The van der Waals surface area contributed by atoms with Gasteiger partial charge in [-0.05, 0) is 25.3 Å². The lowest BCUT2D eigenvalue weighted by molar-refractivity contribution is 0.0591. The van der Waals surface area contributed by atoms with Gasteiger partial charge >= 0.3 is 0 Å². The van der Waals surface area contributed by atoms with Crippen molar-refractivity contribution in [2.24, 2.45) is 5.73 Å². The summed E-state index contributed by atoms with van der Waals surface area (Å²) in [6.07, 6.45) is 5.40. The zero-order valence-corrected chi connectivity index (χ0v) is 11.3. The van der Waals surface area contributed by atoms with Gasteiger partial charge in [0.05, 0.1) is 11.6 Å². The van der Waals surface area contributed by atoms with Gasteiger partial charge in [-0.25, -0.2) is 0 Å². The highest BCUT2D eigenvalue weighted by Crippen LogP contribution is 2.30. The molecule has 1 fully saturated rings. The Morgan fingerprint density at radius 1 is 1.43 bits per heavy atom. The molecule has 1 saturated heterocycles. The van der Waals surface area contributed by atoms with Crippen LogP contribution in [0.3, 0.4) is 0 Å². The quantitative estimate of drug-likeness (QED) is 0.868. The smallest absolute Gasteiger partial charge is 0.270 e. The topological polar surface area (TPSA) is 118 Å². The molecule has 0 radical (unpaired) electrons. The number of likely N-dealkylation sites (tertiary alicyclic amines) is 1. The van der Waals surface area contributed by atoms with Crippen LogP contribution in [0.1, 0.15) is 52.0 Å². The molecule has 0 spiro atoms. The maximum atomic E-state index is 12.6. The number of amides is 2. The van der Waals surface area contributed by atoms with Crippen LogP contribution in [-0.2, 0) is 0 Å². The van der Waals surface area contributed by atoms with Crippen molar-refractivity contribution >= 4 is 11.8 Å². The molecule has 3 heterocycles. The minimum atomic E-state index is -0.571. The number of aromatic nitrogens is 3. The molecule has 3 N–H and O–H groups in total. The molecule has 0 bridgehead atoms. The Labute approximate surface area is 120 Å². The van der Waals surface area contributed by atoms with E-state index in [0.29, 0.717) is 18.1 Å². The summed E-state index contributed by atoms with van der Waals surface area (Å²) in [6, 6.07) is 1.26. The van der Waals surface area contributed by atoms with E-state index in [1.807, 2.05) is 0 Å². The molecule has 110 valence electrons. The predicted octanol–water partition coefficient (Wildman–Crippen LogP) is 0.864. The highest BCUT2D eigenvalue weighted by Gasteiger charge is 2.32. The maximum Gasteiger partial charge on any atom is 0.270 e. The van der Waals surface area contributed by atoms with E-state index in [1.54, 1.807) is 4.90 Å². The monoisotopic (exact) mass is 289 g/mol. The van der Waals surface area contributed by atoms with Crippen molar-refractivity contribution in [3.8, 4) is 0 Å². The second-order valence-corrected chi connectivity index (χ2v) is 4.97. The van der Waals surface area contributed by atoms with E-state index < -0.39 is 5.91 Å². The van der Waals surface area contributed by atoms with E-state index in [4.69, 9.17) is 10.3 Å². The van der Waals surface area contributed by atoms with Gasteiger partial charge in [-0.2, -0.15) is 4.98 Å². The number of nitrogens with two attached hydrogens (primary N) is 1. The second kappa shape index (κ2) is 5.39. The summed E-state index contributed by atoms with van der Waals surface area (Å²) in [5.74, 6) is -0.264. The van der Waals surface area contributed by atoms with Crippen molar-refractivity contribution in [3.63, 3.8) is 0 Å². The van der Waals surface area contributed by atoms with Gasteiger partial charge in [0.25, 0.3) is 5.91 Å². The normalized spacial score (nSPS) is 18.7. The molecule has 8 nitrogen and oxygen atoms in total. The van der Waals surface area contributed by atoms with Crippen molar-refractivity contribution in [1.29, 1.82) is 0 Å². The largest absolute Gasteiger partial charge is 0.366 e. The zero-order chi connectivity index (χ0) is 14.8. The predicted molar refractivity (Wildman–Crippen MR) is 71.2 cm³/mol. The third-order valence-corrected chi connectivity index (χ3v) is 3.64. The lowest BCUT2D eigenvalue weighted by atomic mass is 10.0. The van der Waals surface area contributed by atoms with E-state index in [9.17, 15) is 9.59 Å². The molecule has 1 atom stereocenters. The summed E-state index contributed by atoms with van der Waals surface area (Å²) >= 11 is 0. The highest BCUT2D eigenvalue weighted by atomic mass is 16.5. The molecule has 0 aromatic carbocycles. The molecule has 0 saturated carbocycles. The van der Waals surface area contributed by atoms with Crippen LogP contribution in [0.25, 0.3) is 0 Å². The number of primary amides is 1. The Morgan fingerprint density at radius 2 is 2.29 bits per heavy atom. The first-order valence-electron chi connectivity index (χ1n) is 6.72. The Morgan fingerprint density at radius 3 is 2.95 bits per heavy atom. The number of hydrogen-bond acceptors (Lipinski definition) is 5. The first-order chi connectivity index (χ1) is 10.2. The van der Waals surface area contributed by atoms with Crippen LogP contribution in [0.4, 0.5) is 0 Å². The van der Waals surface area contributed by atoms with Gasteiger partial charge in [-0.1, -0.05) is 5.16 Å². The van der Waals surface area contributed by atoms with Crippen LogP contribution < -0.4 is 5.73 Å². The molecule has 21 heavy (non-hydrogen) atoms. The lowest BCUT2D eigenvalue weighted by Crippen LogP contribution is -2.39. The molecule has 3 rings (SSSR count). The number of nitrogens with one attached hydrogen (secondary N) is 1. The summed E-state index contributed by atoms with van der Waals surface area (Å²) in [6.45, 7) is 0.614. The summed E-state index contributed by atoms with van der Waals surface area (Å²) in [7, 11) is 0. The Bertz CT molecular complexity index is 649. The highest BCUT2D eigenvalue weighted by molar-refractivity contribution is 5.98. The fourth-order valence-electron chi connectivity index (χ4n) is 2.58. The van der Waals surface area contributed by atoms with Gasteiger partial charge in [-0.15, -0.1) is 0 Å². The maximum absolute atomic E-state index is 12.6. The van der Waals surface area contributed by atoms with Crippen LogP contribution in [0.5, 0.6) is 0 Å². The molecule has 2 aromatic heterocycles. The van der Waals surface area contributed by atoms with Crippen molar-refractivity contribution in [3.05, 3.63) is 35.7 Å². The van der Waals surface area contributed by atoms with Crippen molar-refractivity contribution in [2.75, 3.05) is 6.54 Å². The summed E-state index contributed by atoms with van der Waals surface area (Å²) in [5.41, 5.74) is 5.81. The molecule has 1 aliphatic rings. The molecule has 2 aromatic rings. The second-order valence-electron chi connectivity index (χ2n) is 4.97. The van der Waals surface area contributed by atoms with Gasteiger partial charge in [0, 0.05) is 12.7 Å². The average molecular weight is 289 g/mol. The van der Waals surface area contributed by atoms with E-state index in [0.717, 1.165) is 19.3 Å². The Hall–Kier alpha value is -2.64. The third kappa shape index (κ3) is 2.51. The minimum absolute atomic E-state index is 0.197. The summed E-state index contributed by atoms with van der Waals surface area (Å²) < 4.78 is 4.77. The molecule has 8 heteroatoms. The third-order valence-electron chi connectivity index (χ3n) is 3.64. The van der Waals surface area contributed by atoms with Gasteiger partial charge in [-0.3, -0.25) is 9.59 Å². The summed E-state index contributed by atoms with van der Waals surface area (Å²) in [4.78, 5) is 32.2. The Balaban J connectivity index is 1.85. The lowest BCUT2D eigenvalue weighted by Gasteiger charge is -2.33. The molecule has 2 amide bonds. The average Bonchev–Trinajstić information content (AvgIpc) is 3.18. The zero-order valence-electron chi connectivity index (χ0n) is 11.3. The number of aromatic amines is 1. The molecule has 0 aliphatic carbocycles. The number of rotatable bonds is 3.